The predicted molar refractivity (Wildman–Crippen MR) is 307 cm³/mol. The van der Waals surface area contributed by atoms with Crippen LogP contribution in [0.5, 0.6) is 0 Å². The van der Waals surface area contributed by atoms with Crippen LogP contribution in [0.15, 0.2) is 48.6 Å². The average Bonchev–Trinajstić information content (AvgIpc) is 3.38. The second kappa shape index (κ2) is 51.1. The number of hydrogen-bond acceptors (Lipinski definition) is 11. The number of carbonyl (C=O) groups excluding carboxylic acids is 2. The van der Waals surface area contributed by atoms with Crippen LogP contribution in [-0.4, -0.2) is 96.0 Å². The van der Waals surface area contributed by atoms with E-state index in [0.717, 1.165) is 77.0 Å². The van der Waals surface area contributed by atoms with Crippen molar-refractivity contribution < 1.29 is 56.8 Å². The number of ether oxygens (including phenoxy) is 4. The summed E-state index contributed by atoms with van der Waals surface area (Å²) < 4.78 is 54.5. The molecule has 12 nitrogen and oxygen atoms in total. The fourth-order valence-corrected chi connectivity index (χ4v) is 10.2. The van der Waals surface area contributed by atoms with E-state index < -0.39 is 71.2 Å². The molecule has 1 aliphatic heterocycles. The summed E-state index contributed by atoms with van der Waals surface area (Å²) in [6.07, 6.45) is 55.8. The van der Waals surface area contributed by atoms with Crippen molar-refractivity contribution in [2.75, 3.05) is 19.0 Å². The molecule has 4 N–H and O–H groups in total. The summed E-state index contributed by atoms with van der Waals surface area (Å²) >= 11 is 0. The van der Waals surface area contributed by atoms with Gasteiger partial charge in [-0.3, -0.25) is 14.1 Å². The van der Waals surface area contributed by atoms with Gasteiger partial charge < -0.3 is 34.3 Å². The van der Waals surface area contributed by atoms with Gasteiger partial charge in [0, 0.05) is 12.8 Å². The fraction of sp³-hybridized carbons (Fsp3) is 0.839. The maximum Gasteiger partial charge on any atom is 0.306 e. The Morgan fingerprint density at radius 3 is 1.25 bits per heavy atom. The van der Waals surface area contributed by atoms with Gasteiger partial charge in [0.2, 0.25) is 0 Å². The Kier molecular flexibility index (Phi) is 48.1. The average molecular weight is 1080 g/mol. The third kappa shape index (κ3) is 45.2. The Balaban J connectivity index is 2.27. The van der Waals surface area contributed by atoms with E-state index in [0.29, 0.717) is 12.8 Å². The summed E-state index contributed by atoms with van der Waals surface area (Å²) in [5.74, 6) is -1.97. The highest BCUT2D eigenvalue weighted by Gasteiger charge is 2.46. The quantitative estimate of drug-likeness (QED) is 0.0196. The van der Waals surface area contributed by atoms with E-state index in [9.17, 15) is 37.9 Å². The van der Waals surface area contributed by atoms with Gasteiger partial charge in [0.1, 0.15) is 36.8 Å². The first-order valence-electron chi connectivity index (χ1n) is 30.7. The van der Waals surface area contributed by atoms with Crippen LogP contribution >= 0.6 is 0 Å². The van der Waals surface area contributed by atoms with Gasteiger partial charge in [0.05, 0.1) is 6.61 Å². The molecule has 1 fully saturated rings. The molecule has 0 saturated carbocycles. The SMILES string of the molecule is CC/C=C\C/C=C\C/C=C\C/C=C\CCCCCCCCCCCCC(=O)OC(COC(=O)CCCCCCCCCCCCCCCCCCCCCCCCCC)COC1OC(CS(=O)(=O)O)C(O)C(O)C1O. The second-order valence-electron chi connectivity index (χ2n) is 21.3. The highest BCUT2D eigenvalue weighted by molar-refractivity contribution is 7.85. The number of allylic oxidation sites excluding steroid dienone is 8. The molecule has 0 radical (unpaired) electrons. The maximum atomic E-state index is 12.9. The molecule has 0 aromatic rings. The Labute approximate surface area is 458 Å². The van der Waals surface area contributed by atoms with Gasteiger partial charge in [0.15, 0.2) is 12.4 Å². The molecule has 1 aliphatic rings. The van der Waals surface area contributed by atoms with Crippen molar-refractivity contribution in [3.63, 3.8) is 0 Å². The minimum atomic E-state index is -4.61. The molecule has 75 heavy (non-hydrogen) atoms. The molecule has 0 aromatic heterocycles. The molecule has 1 rings (SSSR count). The molecule has 13 heteroatoms. The summed E-state index contributed by atoms with van der Waals surface area (Å²) in [6, 6.07) is 0. The standard InChI is InChI=1S/C62H112O12S/c1-3-5-7-9-11-13-15-17-19-21-23-25-27-29-30-32-34-36-38-40-42-44-46-48-50-57(63)71-52-55(53-72-62-61(67)60(66)59(65)56(74-62)54-75(68,69)70)73-58(64)51-49-47-45-43-41-39-37-35-33-31-28-26-24-22-20-18-16-14-12-10-8-6-4-2/h6,8,12,14,18,20,24,26,55-56,59-62,65-67H,3-5,7,9-11,13,15-17,19,21-23,25,27-54H2,1-2H3,(H,68,69,70)/b8-6-,14-12-,20-18-,26-24-. The van der Waals surface area contributed by atoms with Crippen LogP contribution in [0.2, 0.25) is 0 Å². The third-order valence-corrected chi connectivity index (χ3v) is 14.9. The zero-order chi connectivity index (χ0) is 54.7. The number of carbonyl (C=O) groups is 2. The number of rotatable bonds is 53. The number of esters is 2. The van der Waals surface area contributed by atoms with Crippen LogP contribution in [0.25, 0.3) is 0 Å². The van der Waals surface area contributed by atoms with Crippen molar-refractivity contribution in [1.82, 2.24) is 0 Å². The van der Waals surface area contributed by atoms with Crippen molar-refractivity contribution in [2.24, 2.45) is 0 Å². The van der Waals surface area contributed by atoms with Crippen LogP contribution in [-0.2, 0) is 38.7 Å². The van der Waals surface area contributed by atoms with Gasteiger partial charge >= 0.3 is 11.9 Å². The number of aliphatic hydroxyl groups is 3. The molecule has 6 atom stereocenters. The van der Waals surface area contributed by atoms with Crippen LogP contribution in [0.3, 0.4) is 0 Å². The number of aliphatic hydroxyl groups excluding tert-OH is 3. The smallest absolute Gasteiger partial charge is 0.306 e. The zero-order valence-electron chi connectivity index (χ0n) is 47.7. The van der Waals surface area contributed by atoms with Crippen molar-refractivity contribution in [3.05, 3.63) is 48.6 Å². The molecular weight excluding hydrogens is 969 g/mol. The number of unbranched alkanes of at least 4 members (excludes halogenated alkanes) is 33. The van der Waals surface area contributed by atoms with E-state index in [1.807, 2.05) is 0 Å². The molecular formula is C62H112O12S. The Bertz CT molecular complexity index is 1550. The number of hydrogen-bond donors (Lipinski definition) is 4. The molecule has 0 spiro atoms. The van der Waals surface area contributed by atoms with Gasteiger partial charge in [0.25, 0.3) is 10.1 Å². The lowest BCUT2D eigenvalue weighted by Crippen LogP contribution is -2.60. The molecule has 6 unspecified atom stereocenters. The first kappa shape index (κ1) is 70.6. The van der Waals surface area contributed by atoms with Gasteiger partial charge in [-0.05, 0) is 51.4 Å². The van der Waals surface area contributed by atoms with Crippen molar-refractivity contribution >= 4 is 22.1 Å². The maximum absolute atomic E-state index is 12.9. The summed E-state index contributed by atoms with van der Waals surface area (Å²) in [5.41, 5.74) is 0. The highest BCUT2D eigenvalue weighted by Crippen LogP contribution is 2.24. The first-order chi connectivity index (χ1) is 36.5. The molecule has 1 heterocycles. The van der Waals surface area contributed by atoms with Gasteiger partial charge in [-0.15, -0.1) is 0 Å². The summed E-state index contributed by atoms with van der Waals surface area (Å²) in [5, 5.41) is 31.1. The zero-order valence-corrected chi connectivity index (χ0v) is 48.5. The van der Waals surface area contributed by atoms with Crippen LogP contribution < -0.4 is 0 Å². The third-order valence-electron chi connectivity index (χ3n) is 14.2. The predicted octanol–water partition coefficient (Wildman–Crippen LogP) is 15.4. The lowest BCUT2D eigenvalue weighted by molar-refractivity contribution is -0.297. The molecule has 0 aromatic carbocycles. The van der Waals surface area contributed by atoms with E-state index in [4.69, 9.17) is 18.9 Å². The lowest BCUT2D eigenvalue weighted by atomic mass is 10.00. The van der Waals surface area contributed by atoms with Gasteiger partial charge in [-0.1, -0.05) is 262 Å². The summed E-state index contributed by atoms with van der Waals surface area (Å²) in [6.45, 7) is 3.71. The Hall–Kier alpha value is -2.39. The Morgan fingerprint density at radius 1 is 0.467 bits per heavy atom. The normalized spacial score (nSPS) is 18.8. The molecule has 438 valence electrons. The topological polar surface area (TPSA) is 186 Å². The van der Waals surface area contributed by atoms with Crippen LogP contribution in [0.1, 0.15) is 277 Å². The molecule has 0 bridgehead atoms. The van der Waals surface area contributed by atoms with Crippen LogP contribution in [0, 0.1) is 0 Å². The van der Waals surface area contributed by atoms with Gasteiger partial charge in [-0.25, -0.2) is 0 Å². The molecule has 0 amide bonds. The monoisotopic (exact) mass is 1080 g/mol. The van der Waals surface area contributed by atoms with E-state index in [1.54, 1.807) is 0 Å². The van der Waals surface area contributed by atoms with Crippen molar-refractivity contribution in [3.8, 4) is 0 Å². The highest BCUT2D eigenvalue weighted by atomic mass is 32.2. The van der Waals surface area contributed by atoms with E-state index in [1.165, 1.54) is 161 Å². The summed E-state index contributed by atoms with van der Waals surface area (Å²) in [7, 11) is -4.61. The summed E-state index contributed by atoms with van der Waals surface area (Å²) in [4.78, 5) is 25.7. The Morgan fingerprint density at radius 2 is 0.840 bits per heavy atom. The molecule has 0 aliphatic carbocycles. The largest absolute Gasteiger partial charge is 0.462 e. The van der Waals surface area contributed by atoms with E-state index in [-0.39, 0.29) is 19.4 Å². The minimum absolute atomic E-state index is 0.160. The first-order valence-corrected chi connectivity index (χ1v) is 32.3. The van der Waals surface area contributed by atoms with Crippen molar-refractivity contribution in [2.45, 2.75) is 314 Å². The van der Waals surface area contributed by atoms with Crippen LogP contribution in [0.4, 0.5) is 0 Å². The lowest BCUT2D eigenvalue weighted by Gasteiger charge is -2.40. The molecule has 1 saturated heterocycles. The van der Waals surface area contributed by atoms with Crippen molar-refractivity contribution in [1.29, 1.82) is 0 Å². The fourth-order valence-electron chi connectivity index (χ4n) is 9.50. The second-order valence-corrected chi connectivity index (χ2v) is 22.8. The van der Waals surface area contributed by atoms with E-state index >= 15 is 0 Å². The van der Waals surface area contributed by atoms with E-state index in [2.05, 4.69) is 62.5 Å². The minimum Gasteiger partial charge on any atom is -0.462 e. The van der Waals surface area contributed by atoms with Gasteiger partial charge in [-0.2, -0.15) is 8.42 Å².